The van der Waals surface area contributed by atoms with E-state index in [1.54, 1.807) is 18.7 Å². The monoisotopic (exact) mass is 440 g/mol. The van der Waals surface area contributed by atoms with Crippen LogP contribution in [0.15, 0.2) is 32.0 Å². The van der Waals surface area contributed by atoms with Gasteiger partial charge in [0.25, 0.3) is 11.5 Å². The number of aromatic nitrogens is 4. The van der Waals surface area contributed by atoms with Crippen LogP contribution in [-0.4, -0.2) is 23.8 Å². The average molecular weight is 441 g/mol. The second-order valence-corrected chi connectivity index (χ2v) is 10.3. The summed E-state index contributed by atoms with van der Waals surface area (Å²) >= 11 is 0. The molecule has 2 heterocycles. The maximum atomic E-state index is 12.5. The molecule has 3 rings (SSSR count). The van der Waals surface area contributed by atoms with Crippen molar-refractivity contribution in [2.24, 2.45) is 31.4 Å². The third-order valence-corrected chi connectivity index (χ3v) is 5.65. The Hall–Kier alpha value is -3.23. The van der Waals surface area contributed by atoms with Crippen LogP contribution in [0.2, 0.25) is 0 Å². The molecule has 172 valence electrons. The number of phenols is 1. The molecule has 0 radical (unpaired) electrons. The van der Waals surface area contributed by atoms with Gasteiger partial charge in [-0.2, -0.15) is 10.1 Å². The second-order valence-electron chi connectivity index (χ2n) is 10.3. The summed E-state index contributed by atoms with van der Waals surface area (Å²) in [5.41, 5.74) is 1.85. The molecule has 0 saturated heterocycles. The summed E-state index contributed by atoms with van der Waals surface area (Å²) < 4.78 is 3.91. The van der Waals surface area contributed by atoms with Crippen LogP contribution in [0.3, 0.4) is 0 Å². The van der Waals surface area contributed by atoms with Gasteiger partial charge in [0.15, 0.2) is 11.2 Å². The number of phenolic OH excluding ortho intramolecular Hbond substituents is 1. The van der Waals surface area contributed by atoms with Gasteiger partial charge < -0.3 is 9.67 Å². The summed E-state index contributed by atoms with van der Waals surface area (Å²) in [7, 11) is 4.67. The van der Waals surface area contributed by atoms with Gasteiger partial charge >= 0.3 is 5.69 Å². The normalized spacial score (nSPS) is 12.9. The van der Waals surface area contributed by atoms with Crippen molar-refractivity contribution in [1.82, 2.24) is 18.7 Å². The molecule has 0 unspecified atom stereocenters. The standard InChI is InChI=1S/C23H32N6O3/c1-22(2,3)14-10-13(11-15(17(14)30)23(4,5)6)12-24-26-20-25-18-16(27(20)7)19(31)29(9)21(32)28(18)8/h10-11,30H,12H2,1-9H3. The fraction of sp³-hybridized carbons (Fsp3) is 0.522. The molecule has 9 nitrogen and oxygen atoms in total. The third kappa shape index (κ3) is 3.99. The van der Waals surface area contributed by atoms with Crippen LogP contribution in [0.1, 0.15) is 58.2 Å². The zero-order chi connectivity index (χ0) is 24.2. The zero-order valence-corrected chi connectivity index (χ0v) is 20.3. The van der Waals surface area contributed by atoms with Crippen molar-refractivity contribution in [2.45, 2.75) is 58.9 Å². The molecule has 0 atom stereocenters. The maximum absolute atomic E-state index is 12.5. The third-order valence-electron chi connectivity index (χ3n) is 5.65. The number of rotatable bonds is 3. The number of azo groups is 1. The Balaban J connectivity index is 2.05. The lowest BCUT2D eigenvalue weighted by Crippen LogP contribution is -2.37. The van der Waals surface area contributed by atoms with Crippen molar-refractivity contribution in [3.05, 3.63) is 49.7 Å². The number of nitrogens with zero attached hydrogens (tertiary/aromatic N) is 6. The highest BCUT2D eigenvalue weighted by atomic mass is 16.3. The first kappa shape index (κ1) is 23.4. The SMILES string of the molecule is Cn1c(=O)c2c(nc(N=NCc3cc(C(C)(C)C)c(O)c(C(C)(C)C)c3)n2C)n(C)c1=O. The van der Waals surface area contributed by atoms with Crippen LogP contribution in [0, 0.1) is 0 Å². The van der Waals surface area contributed by atoms with Gasteiger partial charge in [-0.15, -0.1) is 5.11 Å². The first-order valence-electron chi connectivity index (χ1n) is 10.5. The van der Waals surface area contributed by atoms with Crippen molar-refractivity contribution in [1.29, 1.82) is 0 Å². The lowest BCUT2D eigenvalue weighted by atomic mass is 9.78. The second kappa shape index (κ2) is 7.72. The predicted octanol–water partition coefficient (Wildman–Crippen LogP) is 3.56. The molecule has 0 aliphatic carbocycles. The topological polar surface area (TPSA) is 107 Å². The van der Waals surface area contributed by atoms with Gasteiger partial charge in [0.1, 0.15) is 5.75 Å². The van der Waals surface area contributed by atoms with E-state index in [4.69, 9.17) is 0 Å². The van der Waals surface area contributed by atoms with E-state index < -0.39 is 11.2 Å². The molecule has 2 aromatic heterocycles. The van der Waals surface area contributed by atoms with Gasteiger partial charge in [0.2, 0.25) is 0 Å². The number of benzene rings is 1. The van der Waals surface area contributed by atoms with E-state index in [1.165, 1.54) is 11.6 Å². The number of imidazole rings is 1. The molecule has 0 fully saturated rings. The van der Waals surface area contributed by atoms with Crippen LogP contribution in [0.25, 0.3) is 11.2 Å². The molecule has 9 heteroatoms. The van der Waals surface area contributed by atoms with Gasteiger partial charge in [-0.1, -0.05) is 41.5 Å². The number of hydrogen-bond donors (Lipinski definition) is 1. The molecule has 1 aromatic carbocycles. The molecule has 0 bridgehead atoms. The van der Waals surface area contributed by atoms with Gasteiger partial charge in [-0.25, -0.2) is 4.79 Å². The highest BCUT2D eigenvalue weighted by molar-refractivity contribution is 5.73. The van der Waals surface area contributed by atoms with Crippen LogP contribution in [-0.2, 0) is 38.5 Å². The quantitative estimate of drug-likeness (QED) is 0.629. The minimum Gasteiger partial charge on any atom is -0.507 e. The lowest BCUT2D eigenvalue weighted by molar-refractivity contribution is 0.422. The summed E-state index contributed by atoms with van der Waals surface area (Å²) in [5.74, 6) is 0.557. The lowest BCUT2D eigenvalue weighted by Gasteiger charge is -2.28. The highest BCUT2D eigenvalue weighted by Crippen LogP contribution is 2.40. The average Bonchev–Trinajstić information content (AvgIpc) is 3.00. The number of aryl methyl sites for hydroxylation is 2. The van der Waals surface area contributed by atoms with E-state index in [1.807, 2.05) is 12.1 Å². The molecule has 0 aliphatic rings. The first-order valence-corrected chi connectivity index (χ1v) is 10.5. The van der Waals surface area contributed by atoms with E-state index >= 15 is 0 Å². The highest BCUT2D eigenvalue weighted by Gasteiger charge is 2.26. The van der Waals surface area contributed by atoms with Gasteiger partial charge in [0, 0.05) is 21.1 Å². The molecule has 32 heavy (non-hydrogen) atoms. The van der Waals surface area contributed by atoms with Crippen LogP contribution >= 0.6 is 0 Å². The summed E-state index contributed by atoms with van der Waals surface area (Å²) in [6.07, 6.45) is 0. The maximum Gasteiger partial charge on any atom is 0.332 e. The fourth-order valence-corrected chi connectivity index (χ4v) is 3.71. The summed E-state index contributed by atoms with van der Waals surface area (Å²) in [6, 6.07) is 3.91. The molecule has 1 N–H and O–H groups in total. The van der Waals surface area contributed by atoms with Crippen molar-refractivity contribution in [3.63, 3.8) is 0 Å². The van der Waals surface area contributed by atoms with Gasteiger partial charge in [0.05, 0.1) is 6.54 Å². The first-order chi connectivity index (χ1) is 14.6. The summed E-state index contributed by atoms with van der Waals surface area (Å²) in [6.45, 7) is 12.6. The summed E-state index contributed by atoms with van der Waals surface area (Å²) in [5, 5.41) is 19.4. The Morgan fingerprint density at radius 3 is 1.94 bits per heavy atom. The van der Waals surface area contributed by atoms with E-state index in [0.717, 1.165) is 21.3 Å². The van der Waals surface area contributed by atoms with E-state index in [9.17, 15) is 14.7 Å². The summed E-state index contributed by atoms with van der Waals surface area (Å²) in [4.78, 5) is 29.0. The van der Waals surface area contributed by atoms with Crippen LogP contribution in [0.4, 0.5) is 5.95 Å². The van der Waals surface area contributed by atoms with Crippen molar-refractivity contribution in [2.75, 3.05) is 0 Å². The molecule has 0 aliphatic heterocycles. The number of fused-ring (bicyclic) bond motifs is 1. The predicted molar refractivity (Wildman–Crippen MR) is 125 cm³/mol. The van der Waals surface area contributed by atoms with Crippen molar-refractivity contribution < 1.29 is 5.11 Å². The molecular formula is C23H32N6O3. The minimum absolute atomic E-state index is 0.237. The molecule has 0 amide bonds. The van der Waals surface area contributed by atoms with Gasteiger partial charge in [-0.3, -0.25) is 13.9 Å². The Bertz CT molecular complexity index is 1310. The Morgan fingerprint density at radius 1 is 0.906 bits per heavy atom. The Labute approximate surface area is 187 Å². The van der Waals surface area contributed by atoms with Gasteiger partial charge in [-0.05, 0) is 39.7 Å². The molecule has 3 aromatic rings. The largest absolute Gasteiger partial charge is 0.507 e. The van der Waals surface area contributed by atoms with E-state index in [2.05, 4.69) is 56.8 Å². The van der Waals surface area contributed by atoms with Crippen molar-refractivity contribution >= 4 is 17.1 Å². The minimum atomic E-state index is -0.447. The Kier molecular flexibility index (Phi) is 5.65. The molecule has 0 spiro atoms. The fourth-order valence-electron chi connectivity index (χ4n) is 3.71. The smallest absolute Gasteiger partial charge is 0.332 e. The van der Waals surface area contributed by atoms with E-state index in [-0.39, 0.29) is 29.0 Å². The van der Waals surface area contributed by atoms with E-state index in [0.29, 0.717) is 11.3 Å². The zero-order valence-electron chi connectivity index (χ0n) is 20.3. The van der Waals surface area contributed by atoms with Crippen molar-refractivity contribution in [3.8, 4) is 5.75 Å². The molecule has 0 saturated carbocycles. The number of aromatic hydroxyl groups is 1. The number of hydrogen-bond acceptors (Lipinski definition) is 6. The van der Waals surface area contributed by atoms with Crippen LogP contribution < -0.4 is 11.2 Å². The molecular weight excluding hydrogens is 408 g/mol. The van der Waals surface area contributed by atoms with Crippen LogP contribution in [0.5, 0.6) is 5.75 Å². The Morgan fingerprint density at radius 2 is 1.44 bits per heavy atom.